The Balaban J connectivity index is 3.50. The normalized spacial score (nSPS) is 26.0. The maximum absolute atomic E-state index is 12.1. The van der Waals surface area contributed by atoms with Crippen molar-refractivity contribution in [3.63, 3.8) is 0 Å². The Morgan fingerprint density at radius 3 is 1.75 bits per heavy atom. The summed E-state index contributed by atoms with van der Waals surface area (Å²) >= 11 is 0. The minimum atomic E-state index is 0.0589. The predicted octanol–water partition coefficient (Wildman–Crippen LogP) is 3.69. The lowest BCUT2D eigenvalue weighted by Crippen LogP contribution is -1.95. The second-order valence-electron chi connectivity index (χ2n) is 3.37. The number of rotatable bonds is 2. The third kappa shape index (κ3) is 1.89. The van der Waals surface area contributed by atoms with Gasteiger partial charge in [0.2, 0.25) is 0 Å². The van der Waals surface area contributed by atoms with Crippen LogP contribution in [0.5, 0.6) is 0 Å². The molecule has 1 aliphatic rings. The maximum atomic E-state index is 12.1. The fourth-order valence-electron chi connectivity index (χ4n) is 1.86. The zero-order valence-electron chi connectivity index (χ0n) is 9.79. The third-order valence-corrected chi connectivity index (χ3v) is 2.51. The van der Waals surface area contributed by atoms with Crippen LogP contribution in [-0.4, -0.2) is 5.78 Å². The van der Waals surface area contributed by atoms with Crippen LogP contribution in [0, 0.1) is 0 Å². The molecule has 1 saturated carbocycles. The molecule has 0 spiro atoms. The summed E-state index contributed by atoms with van der Waals surface area (Å²) in [6.45, 7) is 11.1. The van der Waals surface area contributed by atoms with Crippen molar-refractivity contribution in [2.45, 2.75) is 13.8 Å². The summed E-state index contributed by atoms with van der Waals surface area (Å²) in [5.74, 6) is 0.0589. The van der Waals surface area contributed by atoms with Crippen LogP contribution in [0.15, 0.2) is 71.9 Å². The van der Waals surface area contributed by atoms with Crippen molar-refractivity contribution in [3.05, 3.63) is 71.9 Å². The molecule has 0 aromatic carbocycles. The van der Waals surface area contributed by atoms with Gasteiger partial charge in [-0.25, -0.2) is 0 Å². The number of allylic oxidation sites excluding steroid dienone is 10. The largest absolute Gasteiger partial charge is 0.289 e. The van der Waals surface area contributed by atoms with Crippen molar-refractivity contribution in [3.8, 4) is 0 Å². The molecule has 16 heavy (non-hydrogen) atoms. The van der Waals surface area contributed by atoms with Crippen LogP contribution in [0.25, 0.3) is 0 Å². The minimum Gasteiger partial charge on any atom is -0.289 e. The topological polar surface area (TPSA) is 17.1 Å². The van der Waals surface area contributed by atoms with Gasteiger partial charge < -0.3 is 0 Å². The number of carbonyl (C=O) groups excluding carboxylic acids is 1. The Bertz CT molecular complexity index is 454. The van der Waals surface area contributed by atoms with E-state index in [1.165, 1.54) is 0 Å². The third-order valence-electron chi connectivity index (χ3n) is 2.51. The van der Waals surface area contributed by atoms with Gasteiger partial charge in [0.15, 0.2) is 5.78 Å². The lowest BCUT2D eigenvalue weighted by molar-refractivity contribution is -0.111. The number of hydrogen-bond donors (Lipinski definition) is 0. The molecule has 1 aliphatic carbocycles. The molecule has 0 unspecified atom stereocenters. The van der Waals surface area contributed by atoms with Crippen LogP contribution >= 0.6 is 0 Å². The average Bonchev–Trinajstić information content (AvgIpc) is 2.53. The Kier molecular flexibility index (Phi) is 4.01. The minimum absolute atomic E-state index is 0.0589. The van der Waals surface area contributed by atoms with Gasteiger partial charge in [-0.3, -0.25) is 4.79 Å². The van der Waals surface area contributed by atoms with Gasteiger partial charge in [-0.05, 0) is 25.0 Å². The number of Topliss-reactive ketones (excluding diaryl/α,β-unsaturated/α-hetero) is 1. The molecule has 0 radical (unpaired) electrons. The van der Waals surface area contributed by atoms with E-state index < -0.39 is 0 Å². The first-order chi connectivity index (χ1) is 7.71. The van der Waals surface area contributed by atoms with E-state index in [-0.39, 0.29) is 5.78 Å². The van der Waals surface area contributed by atoms with E-state index in [0.717, 1.165) is 16.7 Å². The first-order valence-corrected chi connectivity index (χ1v) is 5.25. The molecule has 0 aromatic heterocycles. The Labute approximate surface area is 96.9 Å². The van der Waals surface area contributed by atoms with Gasteiger partial charge in [-0.2, -0.15) is 0 Å². The van der Waals surface area contributed by atoms with Crippen LogP contribution in [0.2, 0.25) is 0 Å². The smallest absolute Gasteiger partial charge is 0.193 e. The van der Waals surface area contributed by atoms with E-state index in [1.807, 2.05) is 32.1 Å². The highest BCUT2D eigenvalue weighted by molar-refractivity contribution is 6.20. The van der Waals surface area contributed by atoms with Gasteiger partial charge >= 0.3 is 0 Å². The number of carbonyl (C=O) groups is 1. The molecule has 0 N–H and O–H groups in total. The molecule has 0 atom stereocenters. The van der Waals surface area contributed by atoms with Gasteiger partial charge in [0.25, 0.3) is 0 Å². The summed E-state index contributed by atoms with van der Waals surface area (Å²) < 4.78 is 0. The van der Waals surface area contributed by atoms with Crippen molar-refractivity contribution in [2.75, 3.05) is 0 Å². The van der Waals surface area contributed by atoms with Gasteiger partial charge in [0.1, 0.15) is 0 Å². The number of ketones is 1. The summed E-state index contributed by atoms with van der Waals surface area (Å²) in [4.78, 5) is 12.1. The van der Waals surface area contributed by atoms with E-state index in [4.69, 9.17) is 0 Å². The standard InChI is InChI=1S/C15H16O/c1-5-9-13-11(7-3)12(8-4)15(16)14(13)10-6-2/h5-10H,1-2H2,3-4H3/b11-7?,12-8+,13-9-,14-10+. The highest BCUT2D eigenvalue weighted by atomic mass is 16.1. The molecule has 0 aliphatic heterocycles. The fourth-order valence-corrected chi connectivity index (χ4v) is 1.86. The summed E-state index contributed by atoms with van der Waals surface area (Å²) in [7, 11) is 0. The van der Waals surface area contributed by atoms with Gasteiger partial charge in [-0.1, -0.05) is 49.6 Å². The molecular formula is C15H16O. The van der Waals surface area contributed by atoms with Crippen LogP contribution in [-0.2, 0) is 4.79 Å². The van der Waals surface area contributed by atoms with E-state index in [1.54, 1.807) is 18.2 Å². The zero-order chi connectivity index (χ0) is 12.1. The van der Waals surface area contributed by atoms with E-state index >= 15 is 0 Å². The van der Waals surface area contributed by atoms with E-state index in [0.29, 0.717) is 5.57 Å². The Morgan fingerprint density at radius 1 is 0.812 bits per heavy atom. The van der Waals surface area contributed by atoms with Gasteiger partial charge in [0.05, 0.1) is 0 Å². The summed E-state index contributed by atoms with van der Waals surface area (Å²) in [6, 6.07) is 0. The lowest BCUT2D eigenvalue weighted by Gasteiger charge is -1.98. The maximum Gasteiger partial charge on any atom is 0.193 e. The van der Waals surface area contributed by atoms with Crippen molar-refractivity contribution in [1.29, 1.82) is 0 Å². The van der Waals surface area contributed by atoms with Crippen molar-refractivity contribution in [1.82, 2.24) is 0 Å². The van der Waals surface area contributed by atoms with Crippen molar-refractivity contribution in [2.24, 2.45) is 0 Å². The van der Waals surface area contributed by atoms with Crippen LogP contribution in [0.3, 0.4) is 0 Å². The lowest BCUT2D eigenvalue weighted by atomic mass is 10.0. The SMILES string of the molecule is C=C/C=C1/C(=CC)/C(=C\C)C(=O)/C1=C/C=C. The molecular weight excluding hydrogens is 196 g/mol. The van der Waals surface area contributed by atoms with Crippen LogP contribution < -0.4 is 0 Å². The van der Waals surface area contributed by atoms with Crippen molar-refractivity contribution < 1.29 is 4.79 Å². The predicted molar refractivity (Wildman–Crippen MR) is 69.1 cm³/mol. The molecule has 0 aromatic rings. The first kappa shape index (κ1) is 12.2. The first-order valence-electron chi connectivity index (χ1n) is 5.25. The molecule has 0 amide bonds. The molecule has 1 rings (SSSR count). The van der Waals surface area contributed by atoms with Gasteiger partial charge in [0, 0.05) is 11.1 Å². The highest BCUT2D eigenvalue weighted by Gasteiger charge is 2.30. The van der Waals surface area contributed by atoms with Gasteiger partial charge in [-0.15, -0.1) is 0 Å². The second-order valence-corrected chi connectivity index (χ2v) is 3.37. The summed E-state index contributed by atoms with van der Waals surface area (Å²) in [5, 5.41) is 0. The molecule has 1 nitrogen and oxygen atoms in total. The molecule has 1 fully saturated rings. The highest BCUT2D eigenvalue weighted by Crippen LogP contribution is 2.37. The number of hydrogen-bond acceptors (Lipinski definition) is 1. The van der Waals surface area contributed by atoms with Crippen LogP contribution in [0.1, 0.15) is 13.8 Å². The van der Waals surface area contributed by atoms with Crippen molar-refractivity contribution >= 4 is 5.78 Å². The monoisotopic (exact) mass is 212 g/mol. The van der Waals surface area contributed by atoms with E-state index in [9.17, 15) is 4.79 Å². The molecule has 0 heterocycles. The summed E-state index contributed by atoms with van der Waals surface area (Å²) in [5.41, 5.74) is 3.34. The molecule has 1 heteroatoms. The fraction of sp³-hybridized carbons (Fsp3) is 0.133. The summed E-state index contributed by atoms with van der Waals surface area (Å²) in [6.07, 6.45) is 10.7. The van der Waals surface area contributed by atoms with E-state index in [2.05, 4.69) is 13.2 Å². The Hall–Kier alpha value is -1.89. The Morgan fingerprint density at radius 2 is 1.31 bits per heavy atom. The quantitative estimate of drug-likeness (QED) is 0.638. The average molecular weight is 212 g/mol. The molecule has 0 saturated heterocycles. The molecule has 0 bridgehead atoms. The second kappa shape index (κ2) is 5.26. The zero-order valence-corrected chi connectivity index (χ0v) is 9.79. The van der Waals surface area contributed by atoms with Crippen LogP contribution in [0.4, 0.5) is 0 Å². The molecule has 82 valence electrons.